The van der Waals surface area contributed by atoms with Crippen molar-refractivity contribution < 1.29 is 126 Å². The molecule has 10 rings (SSSR count). The third-order valence-corrected chi connectivity index (χ3v) is 28.4. The molecule has 4 aromatic rings. The maximum Gasteiger partial charge on any atom is 0.306 e. The smallest absolute Gasteiger partial charge is 0.306 e. The lowest BCUT2D eigenvalue weighted by Gasteiger charge is -2.30. The number of methoxy groups -OCH3 is 4. The molecule has 0 aromatic heterocycles. The van der Waals surface area contributed by atoms with E-state index in [1.807, 2.05) is 20.8 Å². The highest BCUT2D eigenvalue weighted by atomic mass is 32.2. The van der Waals surface area contributed by atoms with Crippen LogP contribution in [0.5, 0.6) is 0 Å². The van der Waals surface area contributed by atoms with Gasteiger partial charge in [0.15, 0.2) is 12.3 Å². The van der Waals surface area contributed by atoms with Gasteiger partial charge in [-0.15, -0.1) is 0 Å². The van der Waals surface area contributed by atoms with E-state index in [2.05, 4.69) is 192 Å². The Morgan fingerprint density at radius 2 is 0.852 bits per heavy atom. The number of rotatable bonds is 59. The lowest BCUT2D eigenvalue weighted by molar-refractivity contribution is -0.890. The Balaban J connectivity index is 0.000000317. The van der Waals surface area contributed by atoms with E-state index in [1.165, 1.54) is 45.8 Å². The molecule has 0 radical (unpaired) electrons. The van der Waals surface area contributed by atoms with Gasteiger partial charge in [-0.25, -0.2) is 4.58 Å². The fraction of sp³-hybridized carbons (Fsp3) is 0.600. The summed E-state index contributed by atoms with van der Waals surface area (Å²) in [4.78, 5) is 30.9. The third-order valence-electron chi connectivity index (χ3n) is 26.7. The number of carbonyl (C=O) groups excluding carboxylic acids is 1. The van der Waals surface area contributed by atoms with Crippen LogP contribution in [0.3, 0.4) is 0 Å². The number of aryl methyl sites for hydroxylation is 2. The minimum absolute atomic E-state index is 0.0124. The zero-order valence-corrected chi connectivity index (χ0v) is 89.8. The van der Waals surface area contributed by atoms with Crippen LogP contribution in [-0.4, -0.2) is 319 Å². The minimum Gasteiger partial charge on any atom is -0.493 e. The monoisotopic (exact) mass is 2020 g/mol. The molecule has 1 fully saturated rings. The predicted octanol–water partition coefficient (Wildman–Crippen LogP) is 16.2. The van der Waals surface area contributed by atoms with Gasteiger partial charge in [-0.2, -0.15) is 21.4 Å². The Labute approximate surface area is 846 Å². The first-order valence-electron chi connectivity index (χ1n) is 50.3. The van der Waals surface area contributed by atoms with Crippen LogP contribution in [0.15, 0.2) is 176 Å². The zero-order chi connectivity index (χ0) is 103. The molecule has 0 spiro atoms. The Morgan fingerprint density at radius 1 is 0.458 bits per heavy atom. The van der Waals surface area contributed by atoms with E-state index in [0.29, 0.717) is 202 Å². The lowest BCUT2D eigenvalue weighted by Crippen LogP contribution is -2.41. The quantitative estimate of drug-likeness (QED) is 0.0105. The predicted molar refractivity (Wildman–Crippen MR) is 556 cm³/mol. The van der Waals surface area contributed by atoms with E-state index in [-0.39, 0.29) is 46.0 Å². The second-order valence-electron chi connectivity index (χ2n) is 40.5. The number of fused-ring (bicyclic) bond motifs is 4. The summed E-state index contributed by atoms with van der Waals surface area (Å²) in [5, 5.41) is 19.5. The molecule has 30 nitrogen and oxygen atoms in total. The van der Waals surface area contributed by atoms with Crippen LogP contribution in [0, 0.1) is 13.8 Å². The highest BCUT2D eigenvalue weighted by molar-refractivity contribution is 7.86. The molecule has 0 unspecified atom stereocenters. The van der Waals surface area contributed by atoms with Crippen molar-refractivity contribution in [1.29, 1.82) is 0 Å². The van der Waals surface area contributed by atoms with Crippen LogP contribution < -0.4 is 14.7 Å². The summed E-state index contributed by atoms with van der Waals surface area (Å²) >= 11 is 0. The van der Waals surface area contributed by atoms with E-state index in [9.17, 15) is 45.7 Å². The van der Waals surface area contributed by atoms with E-state index in [1.54, 1.807) is 52.7 Å². The number of quaternary nitrogens is 1. The molecule has 6 aliphatic rings. The number of hydrogen-bond acceptors (Lipinski definition) is 24. The summed E-state index contributed by atoms with van der Waals surface area (Å²) in [6, 6.07) is 22.9. The average molecular weight is 2020 g/mol. The topological polar surface area (TPSA) is 328 Å². The summed E-state index contributed by atoms with van der Waals surface area (Å²) in [6.45, 7) is 42.4. The average Bonchev–Trinajstić information content (AvgIpc) is 1.61. The van der Waals surface area contributed by atoms with Gasteiger partial charge in [0.1, 0.15) is 31.1 Å². The molecular formula is C110H165N6O24S2+3. The largest absolute Gasteiger partial charge is 0.493 e. The fourth-order valence-corrected chi connectivity index (χ4v) is 20.3. The van der Waals surface area contributed by atoms with Gasteiger partial charge in [0.05, 0.1) is 187 Å². The van der Waals surface area contributed by atoms with Gasteiger partial charge < -0.3 is 95.7 Å². The molecule has 0 amide bonds. The molecule has 32 heteroatoms. The van der Waals surface area contributed by atoms with Crippen LogP contribution in [0.25, 0.3) is 0 Å². The second kappa shape index (κ2) is 55.9. The number of carbonyl (C=O) groups is 2. The van der Waals surface area contributed by atoms with Crippen molar-refractivity contribution in [2.75, 3.05) is 255 Å². The number of aliphatic hydroxyl groups is 1. The summed E-state index contributed by atoms with van der Waals surface area (Å²) in [7, 11) is 1.96. The Kier molecular flexibility index (Phi) is 46.1. The number of anilines is 3. The molecule has 4 heterocycles. The lowest BCUT2D eigenvalue weighted by atomic mass is 9.81. The van der Waals surface area contributed by atoms with Gasteiger partial charge in [-0.3, -0.25) is 18.7 Å². The number of carboxylic acids is 1. The molecule has 0 saturated heterocycles. The number of aliphatic carboxylic acids is 1. The molecule has 1 saturated carbocycles. The molecule has 4 aromatic carbocycles. The minimum atomic E-state index is -4.46. The van der Waals surface area contributed by atoms with Crippen LogP contribution in [0.4, 0.5) is 22.7 Å². The number of hydrogen-bond donors (Lipinski definition) is 4. The maximum absolute atomic E-state index is 13.0. The first-order chi connectivity index (χ1) is 67.5. The fourth-order valence-electron chi connectivity index (χ4n) is 19.3. The number of allylic oxidation sites excluding steroid dienone is 15. The maximum atomic E-state index is 13.0. The first-order valence-corrected chi connectivity index (χ1v) is 53.2. The van der Waals surface area contributed by atoms with Crippen LogP contribution >= 0.6 is 0 Å². The summed E-state index contributed by atoms with van der Waals surface area (Å²) in [5.74, 6) is -0.169. The normalized spacial score (nSPS) is 18.7. The number of benzene rings is 4. The Morgan fingerprint density at radius 3 is 1.30 bits per heavy atom. The van der Waals surface area contributed by atoms with Gasteiger partial charge in [-0.1, -0.05) is 95.2 Å². The van der Waals surface area contributed by atoms with E-state index in [4.69, 9.17) is 66.3 Å². The van der Waals surface area contributed by atoms with Crippen LogP contribution in [0.1, 0.15) is 187 Å². The third kappa shape index (κ3) is 33.8. The Hall–Kier alpha value is -8.46. The van der Waals surface area contributed by atoms with Gasteiger partial charge in [0.2, 0.25) is 11.4 Å². The summed E-state index contributed by atoms with van der Waals surface area (Å²) < 4.78 is 155. The zero-order valence-electron chi connectivity index (χ0n) is 88.2. The van der Waals surface area contributed by atoms with Crippen LogP contribution in [0.2, 0.25) is 0 Å². The Bertz CT molecular complexity index is 5400. The van der Waals surface area contributed by atoms with Crippen molar-refractivity contribution in [1.82, 2.24) is 0 Å². The number of nitrogens with zero attached hydrogens (tertiary/aromatic N) is 6. The summed E-state index contributed by atoms with van der Waals surface area (Å²) in [6.07, 6.45) is 25.6. The van der Waals surface area contributed by atoms with Gasteiger partial charge in [-0.05, 0) is 182 Å². The molecule has 4 aliphatic heterocycles. The molecular weight excluding hydrogens is 1850 g/mol. The molecule has 0 atom stereocenters. The molecule has 788 valence electrons. The number of carboxylic acid groups (broad SMARTS) is 1. The first kappa shape index (κ1) is 117. The van der Waals surface area contributed by atoms with E-state index < -0.39 is 42.6 Å². The highest BCUT2D eigenvalue weighted by Crippen LogP contribution is 2.52. The second-order valence-corrected chi connectivity index (χ2v) is 43.4. The van der Waals surface area contributed by atoms with Gasteiger partial charge in [0.25, 0.3) is 20.2 Å². The van der Waals surface area contributed by atoms with Crippen molar-refractivity contribution in [2.24, 2.45) is 0 Å². The number of ether oxygens (including phenoxy) is 14. The van der Waals surface area contributed by atoms with Crippen molar-refractivity contribution in [2.45, 2.75) is 204 Å². The van der Waals surface area contributed by atoms with E-state index in [0.717, 1.165) is 137 Å². The number of esters is 1. The van der Waals surface area contributed by atoms with Crippen molar-refractivity contribution >= 4 is 66.3 Å². The summed E-state index contributed by atoms with van der Waals surface area (Å²) in [5.41, 5.74) is 17.8. The van der Waals surface area contributed by atoms with Crippen molar-refractivity contribution in [3.8, 4) is 0 Å². The standard InChI is InChI=1S/C56H83N3O12S.C54H79N3O12S/c1-42-17-21-48-46(40-42)55(5,6)50(58(48)27-30-67-36-38-69-34-32-65-9)23-18-43-14-11-15-44(53(43)57(26-13-29-60)25-12-16-52(61)71-54(2,3)4)19-24-51-56(7,8)47-41-45(72(62,63)64)20-22-49(47)59(51)28-31-68-37-39-70-35-33-66-10;1-41-16-20-47-45(39-41)53(2,3)49(55(47)24-29-65-35-37-67-33-31-63-8)22-17-42-13-10-14-43(52(42)69-28-12-27-57(6,7)26-11-15-51(58)59)18-23-50-54(4,5)46-40-44(70(60,61)62)19-21-48(46)56(50)25-30-66-36-38-68-34-32-64-9/h17-24,40-41,60H,11-16,25-39H2,1-10H3;16-23,39-40H,10-15,24-38H2,1-9H3/p+3. The SMILES string of the molecule is COCCOCCOCCN1C(=CC=C2CCC/C(=C\C=C3\N(CCOCCOCCOC)c4ccc(S(=O)(=O)O)cc4C3(C)C)C2=[N+](CCCO)CCCC(=O)OC(C)(C)C)C(C)(C)c2cc(C)ccc21.COCCOCCOCCN1C(=CC=C2CCCC(C=CC3=[N+](CCOCCOCCOC)c4ccc(S(=O)(=O)O)cc4C3(C)C)=C2OCCC[N+](C)(C)CCCC(=O)O)C(C)(C)c2cc(C)ccc21. The van der Waals surface area contributed by atoms with Gasteiger partial charge >= 0.3 is 11.9 Å². The molecule has 0 bridgehead atoms. The van der Waals surface area contributed by atoms with Crippen molar-refractivity contribution in [3.05, 3.63) is 200 Å². The molecule has 4 N–H and O–H groups in total. The number of aliphatic hydroxyl groups excluding tert-OH is 1. The van der Waals surface area contributed by atoms with E-state index >= 15 is 0 Å². The van der Waals surface area contributed by atoms with Crippen LogP contribution in [-0.2, 0) is 118 Å². The van der Waals surface area contributed by atoms with Crippen molar-refractivity contribution in [3.63, 3.8) is 0 Å². The van der Waals surface area contributed by atoms with Gasteiger partial charge in [0, 0.05) is 160 Å². The molecule has 142 heavy (non-hydrogen) atoms. The highest BCUT2D eigenvalue weighted by Gasteiger charge is 2.47. The molecule has 2 aliphatic carbocycles.